The normalized spacial score (nSPS) is 27.1. The predicted molar refractivity (Wildman–Crippen MR) is 76.0 cm³/mol. The van der Waals surface area contributed by atoms with Crippen LogP contribution >= 0.6 is 23.2 Å². The van der Waals surface area contributed by atoms with Gasteiger partial charge in [-0.05, 0) is 42.9 Å². The van der Waals surface area contributed by atoms with Crippen LogP contribution in [-0.2, 0) is 5.41 Å². The largest absolute Gasteiger partial charge is 0.197 e. The van der Waals surface area contributed by atoms with Crippen LogP contribution in [0.5, 0.6) is 0 Å². The molecule has 1 nitrogen and oxygen atoms in total. The molecule has 0 radical (unpaired) electrons. The first-order chi connectivity index (χ1) is 8.61. The monoisotopic (exact) mass is 281 g/mol. The molecule has 1 aromatic rings. The first kappa shape index (κ1) is 13.7. The highest BCUT2D eigenvalue weighted by molar-refractivity contribution is 6.35. The summed E-state index contributed by atoms with van der Waals surface area (Å²) in [6.07, 6.45) is 5.35. The molecule has 2 atom stereocenters. The molecule has 0 bridgehead atoms. The topological polar surface area (TPSA) is 23.8 Å². The van der Waals surface area contributed by atoms with Gasteiger partial charge in [0.25, 0.3) is 0 Å². The van der Waals surface area contributed by atoms with Crippen molar-refractivity contribution in [1.82, 2.24) is 0 Å². The second kappa shape index (κ2) is 5.51. The van der Waals surface area contributed by atoms with Gasteiger partial charge in [0.15, 0.2) is 0 Å². The number of hydrogen-bond acceptors (Lipinski definition) is 1. The van der Waals surface area contributed by atoms with Gasteiger partial charge < -0.3 is 0 Å². The van der Waals surface area contributed by atoms with Crippen LogP contribution in [0.25, 0.3) is 0 Å². The minimum Gasteiger partial charge on any atom is -0.197 e. The molecular formula is C15H17Cl2N. The third-order valence-corrected chi connectivity index (χ3v) is 4.52. The maximum Gasteiger partial charge on any atom is 0.0839 e. The molecule has 0 spiro atoms. The minimum absolute atomic E-state index is 0.401. The van der Waals surface area contributed by atoms with E-state index in [9.17, 15) is 5.26 Å². The lowest BCUT2D eigenvalue weighted by Gasteiger charge is -2.23. The zero-order chi connectivity index (χ0) is 13.2. The van der Waals surface area contributed by atoms with Gasteiger partial charge in [-0.25, -0.2) is 0 Å². The van der Waals surface area contributed by atoms with Gasteiger partial charge in [0.05, 0.1) is 11.5 Å². The Balaban J connectivity index is 2.32. The zero-order valence-corrected chi connectivity index (χ0v) is 12.1. The van der Waals surface area contributed by atoms with E-state index < -0.39 is 5.41 Å². The Bertz CT molecular complexity index is 478. The average Bonchev–Trinajstić information content (AvgIpc) is 2.74. The van der Waals surface area contributed by atoms with Crippen molar-refractivity contribution >= 4 is 23.2 Å². The first-order valence-corrected chi connectivity index (χ1v) is 7.23. The van der Waals surface area contributed by atoms with E-state index in [1.807, 2.05) is 12.1 Å². The molecule has 0 aliphatic heterocycles. The van der Waals surface area contributed by atoms with E-state index in [0.717, 1.165) is 24.8 Å². The Morgan fingerprint density at radius 2 is 2.22 bits per heavy atom. The molecule has 2 unspecified atom stereocenters. The molecular weight excluding hydrogens is 265 g/mol. The molecule has 1 fully saturated rings. The molecule has 0 saturated heterocycles. The number of benzene rings is 1. The molecule has 2 rings (SSSR count). The van der Waals surface area contributed by atoms with Crippen molar-refractivity contribution in [3.8, 4) is 6.07 Å². The predicted octanol–water partition coefficient (Wildman–Crippen LogP) is 5.35. The summed E-state index contributed by atoms with van der Waals surface area (Å²) in [7, 11) is 0. The quantitative estimate of drug-likeness (QED) is 0.732. The highest BCUT2D eigenvalue weighted by Gasteiger charge is 2.41. The maximum atomic E-state index is 9.61. The maximum absolute atomic E-state index is 9.61. The number of nitriles is 1. The highest BCUT2D eigenvalue weighted by Crippen LogP contribution is 2.47. The van der Waals surface area contributed by atoms with E-state index in [2.05, 4.69) is 13.0 Å². The lowest BCUT2D eigenvalue weighted by Crippen LogP contribution is -2.20. The molecule has 0 aromatic heterocycles. The van der Waals surface area contributed by atoms with Crippen molar-refractivity contribution in [2.45, 2.75) is 44.4 Å². The van der Waals surface area contributed by atoms with Crippen LogP contribution in [0.4, 0.5) is 0 Å². The second-order valence-electron chi connectivity index (χ2n) is 5.22. The summed E-state index contributed by atoms with van der Waals surface area (Å²) in [5.74, 6) is 0.654. The van der Waals surface area contributed by atoms with Crippen LogP contribution in [-0.4, -0.2) is 0 Å². The van der Waals surface area contributed by atoms with Gasteiger partial charge in [-0.3, -0.25) is 0 Å². The number of hydrogen-bond donors (Lipinski definition) is 0. The first-order valence-electron chi connectivity index (χ1n) is 6.48. The fraction of sp³-hybridized carbons (Fsp3) is 0.533. The molecule has 3 heteroatoms. The summed E-state index contributed by atoms with van der Waals surface area (Å²) < 4.78 is 0. The highest BCUT2D eigenvalue weighted by atomic mass is 35.5. The third kappa shape index (κ3) is 2.51. The van der Waals surface area contributed by atoms with Crippen LogP contribution in [0.15, 0.2) is 18.2 Å². The third-order valence-electron chi connectivity index (χ3n) is 3.97. The molecule has 1 aliphatic carbocycles. The molecule has 1 aliphatic rings. The molecule has 18 heavy (non-hydrogen) atoms. The van der Waals surface area contributed by atoms with Gasteiger partial charge in [-0.15, -0.1) is 0 Å². The smallest absolute Gasteiger partial charge is 0.0839 e. The number of rotatable bonds is 3. The molecule has 0 amide bonds. The molecule has 1 saturated carbocycles. The summed E-state index contributed by atoms with van der Waals surface area (Å²) in [5.41, 5.74) is 0.552. The molecule has 0 N–H and O–H groups in total. The molecule has 0 heterocycles. The fourth-order valence-corrected chi connectivity index (χ4v) is 3.68. The Labute approximate surface area is 119 Å². The standard InChI is InChI=1S/C15H17Cl2N/c1-2-3-11-6-7-15(9-11,10-18)13-5-4-12(16)8-14(13)17/h4-5,8,11H,2-3,6-7,9H2,1H3. The van der Waals surface area contributed by atoms with Gasteiger partial charge in [0, 0.05) is 10.0 Å². The van der Waals surface area contributed by atoms with Crippen molar-refractivity contribution in [2.24, 2.45) is 5.92 Å². The summed E-state index contributed by atoms with van der Waals surface area (Å²) >= 11 is 12.2. The van der Waals surface area contributed by atoms with Crippen LogP contribution in [0, 0.1) is 17.2 Å². The van der Waals surface area contributed by atoms with E-state index in [-0.39, 0.29) is 0 Å². The summed E-state index contributed by atoms with van der Waals surface area (Å²) in [5, 5.41) is 10.9. The van der Waals surface area contributed by atoms with Gasteiger partial charge in [0.2, 0.25) is 0 Å². The number of nitrogens with zero attached hydrogens (tertiary/aromatic N) is 1. The molecule has 1 aromatic carbocycles. The van der Waals surface area contributed by atoms with E-state index in [1.165, 1.54) is 12.8 Å². The minimum atomic E-state index is -0.401. The van der Waals surface area contributed by atoms with Crippen molar-refractivity contribution in [3.63, 3.8) is 0 Å². The summed E-state index contributed by atoms with van der Waals surface area (Å²) in [6, 6.07) is 8.00. The Kier molecular flexibility index (Phi) is 4.20. The van der Waals surface area contributed by atoms with Crippen LogP contribution in [0.1, 0.15) is 44.6 Å². The van der Waals surface area contributed by atoms with Gasteiger partial charge in [-0.1, -0.05) is 49.0 Å². The van der Waals surface area contributed by atoms with Crippen molar-refractivity contribution in [1.29, 1.82) is 5.26 Å². The van der Waals surface area contributed by atoms with E-state index in [4.69, 9.17) is 23.2 Å². The van der Waals surface area contributed by atoms with E-state index in [0.29, 0.717) is 16.0 Å². The lowest BCUT2D eigenvalue weighted by molar-refractivity contribution is 0.466. The van der Waals surface area contributed by atoms with E-state index >= 15 is 0 Å². The van der Waals surface area contributed by atoms with Crippen molar-refractivity contribution in [2.75, 3.05) is 0 Å². The summed E-state index contributed by atoms with van der Waals surface area (Å²) in [4.78, 5) is 0. The van der Waals surface area contributed by atoms with E-state index in [1.54, 1.807) is 6.07 Å². The average molecular weight is 282 g/mol. The fourth-order valence-electron chi connectivity index (χ4n) is 3.09. The van der Waals surface area contributed by atoms with Crippen molar-refractivity contribution in [3.05, 3.63) is 33.8 Å². The Hall–Kier alpha value is -0.710. The molecule has 96 valence electrons. The van der Waals surface area contributed by atoms with Crippen LogP contribution in [0.3, 0.4) is 0 Å². The van der Waals surface area contributed by atoms with Crippen LogP contribution in [0.2, 0.25) is 10.0 Å². The Morgan fingerprint density at radius 3 is 2.83 bits per heavy atom. The zero-order valence-electron chi connectivity index (χ0n) is 10.5. The SMILES string of the molecule is CCCC1CCC(C#N)(c2ccc(Cl)cc2Cl)C1. The second-order valence-corrected chi connectivity index (χ2v) is 6.06. The number of halogens is 2. The van der Waals surface area contributed by atoms with Crippen LogP contribution < -0.4 is 0 Å². The Morgan fingerprint density at radius 1 is 1.44 bits per heavy atom. The summed E-state index contributed by atoms with van der Waals surface area (Å²) in [6.45, 7) is 2.20. The lowest BCUT2D eigenvalue weighted by atomic mass is 9.79. The van der Waals surface area contributed by atoms with Crippen molar-refractivity contribution < 1.29 is 0 Å². The van der Waals surface area contributed by atoms with Gasteiger partial charge in [0.1, 0.15) is 0 Å². The van der Waals surface area contributed by atoms with Gasteiger partial charge in [-0.2, -0.15) is 5.26 Å². The van der Waals surface area contributed by atoms with Gasteiger partial charge >= 0.3 is 0 Å².